The molecular weight excluding hydrogens is 200 g/mol. The Morgan fingerprint density at radius 3 is 3.12 bits per heavy atom. The Morgan fingerprint density at radius 2 is 2.38 bits per heavy atom. The fraction of sp³-hybridized carbons (Fsp3) is 0.615. The molecule has 0 bridgehead atoms. The van der Waals surface area contributed by atoms with Gasteiger partial charge in [0.05, 0.1) is 6.10 Å². The Bertz CT molecular complexity index is 321. The number of rotatable bonds is 4. The van der Waals surface area contributed by atoms with Crippen LogP contribution < -0.4 is 5.32 Å². The van der Waals surface area contributed by atoms with E-state index in [0.29, 0.717) is 6.10 Å². The van der Waals surface area contributed by atoms with Gasteiger partial charge in [-0.25, -0.2) is 0 Å². The van der Waals surface area contributed by atoms with Gasteiger partial charge in [0.15, 0.2) is 0 Å². The maximum Gasteiger partial charge on any atom is 0.0699 e. The van der Waals surface area contributed by atoms with Crippen LogP contribution in [-0.4, -0.2) is 24.2 Å². The van der Waals surface area contributed by atoms with Gasteiger partial charge < -0.3 is 10.1 Å². The second-order valence-electron chi connectivity index (χ2n) is 4.49. The Kier molecular flexibility index (Phi) is 4.31. The van der Waals surface area contributed by atoms with E-state index in [1.165, 1.54) is 30.4 Å². The average Bonchev–Trinajstić information content (AvgIpc) is 2.30. The fourth-order valence-corrected chi connectivity index (χ4v) is 2.06. The van der Waals surface area contributed by atoms with Crippen LogP contribution in [0.3, 0.4) is 0 Å². The first-order chi connectivity index (χ1) is 7.84. The molecule has 3 nitrogen and oxygen atoms in total. The minimum atomic E-state index is 0.409. The van der Waals surface area contributed by atoms with Crippen molar-refractivity contribution < 1.29 is 4.74 Å². The van der Waals surface area contributed by atoms with Crippen molar-refractivity contribution in [2.24, 2.45) is 0 Å². The molecule has 0 amide bonds. The van der Waals surface area contributed by atoms with Crippen molar-refractivity contribution in [1.82, 2.24) is 10.3 Å². The quantitative estimate of drug-likeness (QED) is 0.843. The number of nitrogens with one attached hydrogen (secondary N) is 1. The van der Waals surface area contributed by atoms with Crippen molar-refractivity contribution in [2.75, 3.05) is 13.2 Å². The van der Waals surface area contributed by atoms with Crippen molar-refractivity contribution in [2.45, 2.75) is 38.8 Å². The molecule has 1 fully saturated rings. The van der Waals surface area contributed by atoms with Crippen molar-refractivity contribution in [1.29, 1.82) is 0 Å². The van der Waals surface area contributed by atoms with Crippen LogP contribution in [0.15, 0.2) is 18.5 Å². The van der Waals surface area contributed by atoms with E-state index in [2.05, 4.69) is 23.3 Å². The Balaban J connectivity index is 1.71. The van der Waals surface area contributed by atoms with E-state index in [1.807, 2.05) is 12.4 Å². The third kappa shape index (κ3) is 3.58. The topological polar surface area (TPSA) is 34.2 Å². The number of hydrogen-bond donors (Lipinski definition) is 1. The Labute approximate surface area is 97.2 Å². The van der Waals surface area contributed by atoms with Gasteiger partial charge in [0.2, 0.25) is 0 Å². The number of pyridine rings is 1. The highest BCUT2D eigenvalue weighted by molar-refractivity contribution is 5.16. The first-order valence-electron chi connectivity index (χ1n) is 6.07. The first kappa shape index (κ1) is 11.6. The summed E-state index contributed by atoms with van der Waals surface area (Å²) in [4.78, 5) is 4.18. The van der Waals surface area contributed by atoms with Crippen molar-refractivity contribution >= 4 is 0 Å². The maximum atomic E-state index is 5.66. The standard InChI is InChI=1S/C13H20N2O/c1-11-6-12(8-14-7-11)9-15-10-13-4-2-3-5-16-13/h6-8,13,15H,2-5,9-10H2,1H3. The predicted octanol–water partition coefficient (Wildman–Crippen LogP) is 2.05. The zero-order valence-electron chi connectivity index (χ0n) is 9.91. The number of hydrogen-bond acceptors (Lipinski definition) is 3. The van der Waals surface area contributed by atoms with Crippen LogP contribution in [0.1, 0.15) is 30.4 Å². The van der Waals surface area contributed by atoms with Gasteiger partial charge in [0.1, 0.15) is 0 Å². The summed E-state index contributed by atoms with van der Waals surface area (Å²) < 4.78 is 5.66. The zero-order chi connectivity index (χ0) is 11.2. The molecule has 0 saturated carbocycles. The van der Waals surface area contributed by atoms with E-state index >= 15 is 0 Å². The molecule has 2 rings (SSSR count). The molecule has 1 aromatic rings. The van der Waals surface area contributed by atoms with E-state index in [4.69, 9.17) is 4.74 Å². The number of aryl methyl sites for hydroxylation is 1. The first-order valence-corrected chi connectivity index (χ1v) is 6.07. The van der Waals surface area contributed by atoms with Gasteiger partial charge in [-0.2, -0.15) is 0 Å². The maximum absolute atomic E-state index is 5.66. The molecule has 1 N–H and O–H groups in total. The molecule has 88 valence electrons. The highest BCUT2D eigenvalue weighted by Crippen LogP contribution is 2.11. The SMILES string of the molecule is Cc1cncc(CNCC2CCCCO2)c1. The minimum absolute atomic E-state index is 0.409. The molecule has 2 heterocycles. The molecule has 16 heavy (non-hydrogen) atoms. The molecule has 1 saturated heterocycles. The molecule has 0 radical (unpaired) electrons. The Morgan fingerprint density at radius 1 is 1.44 bits per heavy atom. The lowest BCUT2D eigenvalue weighted by molar-refractivity contribution is 0.0168. The van der Waals surface area contributed by atoms with Gasteiger partial charge in [-0.1, -0.05) is 6.07 Å². The lowest BCUT2D eigenvalue weighted by Crippen LogP contribution is -2.31. The van der Waals surface area contributed by atoms with E-state index in [-0.39, 0.29) is 0 Å². The smallest absolute Gasteiger partial charge is 0.0699 e. The van der Waals surface area contributed by atoms with E-state index in [9.17, 15) is 0 Å². The lowest BCUT2D eigenvalue weighted by Gasteiger charge is -2.22. The van der Waals surface area contributed by atoms with Crippen molar-refractivity contribution in [3.63, 3.8) is 0 Å². The van der Waals surface area contributed by atoms with Crippen molar-refractivity contribution in [3.8, 4) is 0 Å². The van der Waals surface area contributed by atoms with Crippen LogP contribution in [-0.2, 0) is 11.3 Å². The van der Waals surface area contributed by atoms with Gasteiger partial charge in [-0.3, -0.25) is 4.98 Å². The van der Waals surface area contributed by atoms with Crippen molar-refractivity contribution in [3.05, 3.63) is 29.6 Å². The van der Waals surface area contributed by atoms with Crippen LogP contribution in [0.4, 0.5) is 0 Å². The summed E-state index contributed by atoms with van der Waals surface area (Å²) >= 11 is 0. The molecule has 1 atom stereocenters. The Hall–Kier alpha value is -0.930. The summed E-state index contributed by atoms with van der Waals surface area (Å²) in [6.45, 7) is 4.83. The molecule has 3 heteroatoms. The highest BCUT2D eigenvalue weighted by Gasteiger charge is 2.12. The van der Waals surface area contributed by atoms with Crippen LogP contribution in [0.5, 0.6) is 0 Å². The van der Waals surface area contributed by atoms with Crippen LogP contribution >= 0.6 is 0 Å². The molecule has 1 unspecified atom stereocenters. The van der Waals surface area contributed by atoms with Gasteiger partial charge in [0.25, 0.3) is 0 Å². The molecule has 0 aliphatic carbocycles. The van der Waals surface area contributed by atoms with E-state index in [1.54, 1.807) is 0 Å². The van der Waals surface area contributed by atoms with Gasteiger partial charge in [-0.15, -0.1) is 0 Å². The molecule has 1 aromatic heterocycles. The van der Waals surface area contributed by atoms with Crippen LogP contribution in [0, 0.1) is 6.92 Å². The number of aromatic nitrogens is 1. The summed E-state index contributed by atoms with van der Waals surface area (Å²) in [6.07, 6.45) is 7.93. The third-order valence-electron chi connectivity index (χ3n) is 2.91. The molecule has 1 aliphatic heterocycles. The second-order valence-corrected chi connectivity index (χ2v) is 4.49. The summed E-state index contributed by atoms with van der Waals surface area (Å²) in [7, 11) is 0. The average molecular weight is 220 g/mol. The summed E-state index contributed by atoms with van der Waals surface area (Å²) in [6, 6.07) is 2.17. The largest absolute Gasteiger partial charge is 0.377 e. The predicted molar refractivity (Wildman–Crippen MR) is 64.3 cm³/mol. The van der Waals surface area contributed by atoms with Crippen LogP contribution in [0.25, 0.3) is 0 Å². The van der Waals surface area contributed by atoms with E-state index < -0.39 is 0 Å². The fourth-order valence-electron chi connectivity index (χ4n) is 2.06. The second kappa shape index (κ2) is 5.97. The molecule has 0 spiro atoms. The molecule has 0 aromatic carbocycles. The summed E-state index contributed by atoms with van der Waals surface area (Å²) in [5.74, 6) is 0. The lowest BCUT2D eigenvalue weighted by atomic mass is 10.1. The monoisotopic (exact) mass is 220 g/mol. The zero-order valence-corrected chi connectivity index (χ0v) is 9.91. The van der Waals surface area contributed by atoms with Gasteiger partial charge >= 0.3 is 0 Å². The number of ether oxygens (including phenoxy) is 1. The van der Waals surface area contributed by atoms with Gasteiger partial charge in [-0.05, 0) is 37.3 Å². The third-order valence-corrected chi connectivity index (χ3v) is 2.91. The minimum Gasteiger partial charge on any atom is -0.377 e. The summed E-state index contributed by atoms with van der Waals surface area (Å²) in [5, 5.41) is 3.43. The van der Waals surface area contributed by atoms with Gasteiger partial charge in [0, 0.05) is 32.1 Å². The summed E-state index contributed by atoms with van der Waals surface area (Å²) in [5.41, 5.74) is 2.46. The molecule has 1 aliphatic rings. The highest BCUT2D eigenvalue weighted by atomic mass is 16.5. The van der Waals surface area contributed by atoms with Crippen LogP contribution in [0.2, 0.25) is 0 Å². The van der Waals surface area contributed by atoms with E-state index in [0.717, 1.165) is 19.7 Å². The number of nitrogens with zero attached hydrogens (tertiary/aromatic N) is 1. The normalized spacial score (nSPS) is 20.9. The molecular formula is C13H20N2O.